The molecule has 3 rings (SSSR count). The molecule has 1 aromatic heterocycles. The van der Waals surface area contributed by atoms with Gasteiger partial charge in [-0.05, 0) is 35.4 Å². The number of aromatic carboxylic acids is 1. The van der Waals surface area contributed by atoms with E-state index in [1.807, 2.05) is 0 Å². The summed E-state index contributed by atoms with van der Waals surface area (Å²) < 4.78 is 72.1. The molecule has 0 aliphatic heterocycles. The lowest BCUT2D eigenvalue weighted by Crippen LogP contribution is -2.21. The molecule has 0 unspecified atom stereocenters. The Morgan fingerprint density at radius 1 is 0.879 bits per heavy atom. The monoisotopic (exact) mass is 478 g/mol. The second kappa shape index (κ2) is 9.88. The minimum absolute atomic E-state index is 0.0684. The van der Waals surface area contributed by atoms with Gasteiger partial charge in [-0.25, -0.2) is 14.7 Å². The van der Waals surface area contributed by atoms with Gasteiger partial charge in [-0.2, -0.15) is 13.2 Å². The number of aromatic amines is 1. The number of aliphatic carboxylic acids is 1. The lowest BCUT2D eigenvalue weighted by Gasteiger charge is -2.10. The van der Waals surface area contributed by atoms with Crippen LogP contribution in [-0.2, 0) is 4.79 Å². The molecular formula is C18H12F6N4O5. The van der Waals surface area contributed by atoms with Crippen LogP contribution >= 0.6 is 0 Å². The molecule has 1 heterocycles. The molecule has 0 aliphatic carbocycles. The number of halogens is 6. The standard InChI is InChI=1S/C16H11F3N4O3.C2HF3O2/c17-16(18,19)26-12-7-3-10(4-8-12)9-1-5-11(6-2-9)20-14-13(15(24)25)21-23-22-14;3-2(4,5)1(6)7/h1-8H,(H,24,25)(H2,20,21,22,23);(H,6,7). The summed E-state index contributed by atoms with van der Waals surface area (Å²) in [4.78, 5) is 19.9. The van der Waals surface area contributed by atoms with Crippen LogP contribution in [0.4, 0.5) is 37.8 Å². The predicted octanol–water partition coefficient (Wildman–Crippen LogP) is 4.45. The smallest absolute Gasteiger partial charge is 0.476 e. The van der Waals surface area contributed by atoms with E-state index < -0.39 is 24.5 Å². The van der Waals surface area contributed by atoms with Crippen molar-refractivity contribution >= 4 is 23.4 Å². The number of carbonyl (C=O) groups is 2. The third kappa shape index (κ3) is 7.71. The molecule has 9 nitrogen and oxygen atoms in total. The van der Waals surface area contributed by atoms with Crippen LogP contribution in [0.5, 0.6) is 5.75 Å². The molecule has 0 radical (unpaired) electrons. The zero-order valence-corrected chi connectivity index (χ0v) is 15.9. The molecule has 0 saturated heterocycles. The van der Waals surface area contributed by atoms with Crippen LogP contribution in [0.1, 0.15) is 10.5 Å². The van der Waals surface area contributed by atoms with E-state index in [-0.39, 0.29) is 17.3 Å². The number of aromatic nitrogens is 3. The molecule has 0 spiro atoms. The minimum Gasteiger partial charge on any atom is -0.476 e. The summed E-state index contributed by atoms with van der Waals surface area (Å²) in [5, 5.41) is 28.3. The molecular weight excluding hydrogens is 466 g/mol. The maximum Gasteiger partial charge on any atom is 0.573 e. The second-order valence-electron chi connectivity index (χ2n) is 5.92. The van der Waals surface area contributed by atoms with Gasteiger partial charge in [-0.1, -0.05) is 29.5 Å². The lowest BCUT2D eigenvalue weighted by molar-refractivity contribution is -0.274. The molecule has 4 N–H and O–H groups in total. The maximum absolute atomic E-state index is 12.2. The van der Waals surface area contributed by atoms with E-state index >= 15 is 0 Å². The minimum atomic E-state index is -5.08. The Morgan fingerprint density at radius 3 is 1.79 bits per heavy atom. The Balaban J connectivity index is 0.000000479. The summed E-state index contributed by atoms with van der Waals surface area (Å²) in [5.41, 5.74) is 1.85. The van der Waals surface area contributed by atoms with Crippen LogP contribution in [0.2, 0.25) is 0 Å². The number of benzene rings is 2. The Kier molecular flexibility index (Phi) is 7.48. The molecule has 3 aromatic rings. The Labute approximate surface area is 179 Å². The van der Waals surface area contributed by atoms with Crippen LogP contribution < -0.4 is 10.1 Å². The number of nitrogens with zero attached hydrogens (tertiary/aromatic N) is 2. The van der Waals surface area contributed by atoms with E-state index in [1.54, 1.807) is 24.3 Å². The molecule has 0 amide bonds. The van der Waals surface area contributed by atoms with Crippen molar-refractivity contribution in [3.05, 3.63) is 54.2 Å². The molecule has 176 valence electrons. The van der Waals surface area contributed by atoms with Gasteiger partial charge >= 0.3 is 24.5 Å². The highest BCUT2D eigenvalue weighted by molar-refractivity contribution is 5.91. The summed E-state index contributed by atoms with van der Waals surface area (Å²) >= 11 is 0. The van der Waals surface area contributed by atoms with Gasteiger partial charge in [0.25, 0.3) is 0 Å². The quantitative estimate of drug-likeness (QED) is 0.395. The van der Waals surface area contributed by atoms with Crippen molar-refractivity contribution in [3.63, 3.8) is 0 Å². The van der Waals surface area contributed by atoms with Crippen LogP contribution in [0.3, 0.4) is 0 Å². The number of H-pyrrole nitrogens is 1. The highest BCUT2D eigenvalue weighted by Crippen LogP contribution is 2.28. The number of rotatable bonds is 5. The number of carboxylic acid groups (broad SMARTS) is 2. The van der Waals surface area contributed by atoms with E-state index in [0.717, 1.165) is 5.56 Å². The first-order chi connectivity index (χ1) is 15.3. The summed E-state index contributed by atoms with van der Waals surface area (Å²) in [5.74, 6) is -4.19. The molecule has 0 aliphatic rings. The van der Waals surface area contributed by atoms with E-state index in [9.17, 15) is 31.1 Å². The fraction of sp³-hybridized carbons (Fsp3) is 0.111. The van der Waals surface area contributed by atoms with Crippen molar-refractivity contribution in [1.29, 1.82) is 0 Å². The average Bonchev–Trinajstić information content (AvgIpc) is 3.16. The van der Waals surface area contributed by atoms with Crippen molar-refractivity contribution in [2.45, 2.75) is 12.5 Å². The Hall–Kier alpha value is -4.30. The first-order valence-electron chi connectivity index (χ1n) is 8.44. The van der Waals surface area contributed by atoms with E-state index in [0.29, 0.717) is 11.3 Å². The number of carboxylic acids is 2. The van der Waals surface area contributed by atoms with Gasteiger partial charge in [0.15, 0.2) is 11.5 Å². The van der Waals surface area contributed by atoms with Gasteiger partial charge in [0, 0.05) is 5.69 Å². The lowest BCUT2D eigenvalue weighted by atomic mass is 10.1. The van der Waals surface area contributed by atoms with E-state index in [2.05, 4.69) is 25.5 Å². The van der Waals surface area contributed by atoms with E-state index in [1.165, 1.54) is 24.3 Å². The zero-order valence-electron chi connectivity index (χ0n) is 15.9. The molecule has 0 bridgehead atoms. The number of hydrogen-bond acceptors (Lipinski definition) is 6. The third-order valence-corrected chi connectivity index (χ3v) is 3.57. The van der Waals surface area contributed by atoms with Gasteiger partial charge in [0.2, 0.25) is 0 Å². The zero-order chi connectivity index (χ0) is 24.8. The largest absolute Gasteiger partial charge is 0.573 e. The number of nitrogens with one attached hydrogen (secondary N) is 2. The van der Waals surface area contributed by atoms with Gasteiger partial charge in [-0.3, -0.25) is 0 Å². The highest BCUT2D eigenvalue weighted by Gasteiger charge is 2.38. The number of alkyl halides is 6. The average molecular weight is 478 g/mol. The highest BCUT2D eigenvalue weighted by atomic mass is 19.4. The van der Waals surface area contributed by atoms with Crippen molar-refractivity contribution in [2.24, 2.45) is 0 Å². The normalized spacial score (nSPS) is 11.2. The summed E-state index contributed by atoms with van der Waals surface area (Å²) in [6.45, 7) is 0. The van der Waals surface area contributed by atoms with Gasteiger partial charge < -0.3 is 20.3 Å². The molecule has 0 atom stereocenters. The van der Waals surface area contributed by atoms with Crippen LogP contribution in [0.15, 0.2) is 48.5 Å². The predicted molar refractivity (Wildman–Crippen MR) is 98.9 cm³/mol. The molecule has 0 fully saturated rings. The molecule has 15 heteroatoms. The van der Waals surface area contributed by atoms with Crippen molar-refractivity contribution in [3.8, 4) is 16.9 Å². The van der Waals surface area contributed by atoms with Gasteiger partial charge in [-0.15, -0.1) is 18.3 Å². The summed E-state index contributed by atoms with van der Waals surface area (Å²) in [6, 6.07) is 12.3. The van der Waals surface area contributed by atoms with Crippen molar-refractivity contribution < 1.29 is 50.9 Å². The fourth-order valence-corrected chi connectivity index (χ4v) is 2.20. The van der Waals surface area contributed by atoms with Crippen molar-refractivity contribution in [1.82, 2.24) is 15.4 Å². The first-order valence-corrected chi connectivity index (χ1v) is 8.44. The molecule has 0 saturated carbocycles. The molecule has 2 aromatic carbocycles. The third-order valence-electron chi connectivity index (χ3n) is 3.57. The molecule has 33 heavy (non-hydrogen) atoms. The fourth-order valence-electron chi connectivity index (χ4n) is 2.20. The van der Waals surface area contributed by atoms with Crippen LogP contribution in [0, 0.1) is 0 Å². The SMILES string of the molecule is O=C(O)C(F)(F)F.O=C(O)c1[nH]nnc1Nc1ccc(-c2ccc(OC(F)(F)F)cc2)cc1. The van der Waals surface area contributed by atoms with Crippen molar-refractivity contribution in [2.75, 3.05) is 5.32 Å². The second-order valence-corrected chi connectivity index (χ2v) is 5.92. The maximum atomic E-state index is 12.2. The van der Waals surface area contributed by atoms with Gasteiger partial charge in [0.1, 0.15) is 5.75 Å². The summed E-state index contributed by atoms with van der Waals surface area (Å²) in [7, 11) is 0. The van der Waals surface area contributed by atoms with Crippen LogP contribution in [0.25, 0.3) is 11.1 Å². The number of ether oxygens (including phenoxy) is 1. The number of hydrogen-bond donors (Lipinski definition) is 4. The Bertz CT molecular complexity index is 1100. The first kappa shape index (κ1) is 25.0. The Morgan fingerprint density at radius 2 is 1.36 bits per heavy atom. The summed E-state index contributed by atoms with van der Waals surface area (Å²) in [6.07, 6.45) is -9.81. The topological polar surface area (TPSA) is 137 Å². The van der Waals surface area contributed by atoms with Crippen LogP contribution in [-0.4, -0.2) is 50.1 Å². The van der Waals surface area contributed by atoms with E-state index in [4.69, 9.17) is 15.0 Å². The number of anilines is 2. The van der Waals surface area contributed by atoms with Gasteiger partial charge in [0.05, 0.1) is 0 Å².